The van der Waals surface area contributed by atoms with Gasteiger partial charge in [0.1, 0.15) is 6.04 Å². The lowest BCUT2D eigenvalue weighted by molar-refractivity contribution is -0.144. The number of rotatable bonds is 4. The summed E-state index contributed by atoms with van der Waals surface area (Å²) >= 11 is 0. The lowest BCUT2D eigenvalue weighted by Crippen LogP contribution is -2.59. The van der Waals surface area contributed by atoms with Crippen molar-refractivity contribution in [2.45, 2.75) is 25.4 Å². The molecule has 0 radical (unpaired) electrons. The summed E-state index contributed by atoms with van der Waals surface area (Å²) in [5, 5.41) is 2.62. The summed E-state index contributed by atoms with van der Waals surface area (Å²) in [6.07, 6.45) is 0. The number of carbonyl (C=O) groups is 2. The first-order valence-electron chi connectivity index (χ1n) is 8.86. The van der Waals surface area contributed by atoms with Gasteiger partial charge in [0.05, 0.1) is 7.11 Å². The molecule has 2 aromatic carbocycles. The van der Waals surface area contributed by atoms with E-state index < -0.39 is 23.5 Å². The lowest BCUT2D eigenvalue weighted by Gasteiger charge is -2.28. The molecule has 0 spiro atoms. The number of amides is 1. The molecule has 29 heavy (non-hydrogen) atoms. The van der Waals surface area contributed by atoms with Gasteiger partial charge in [0.25, 0.3) is 5.91 Å². The standard InChI is InChI=1S/C21H23N3O3.C2H4/c1-21(2,23)18(20(26)27-3)24-19(25)16-12-9-14(10-13-16)8-11-15-6-4-5-7-17(15)22;1-2/h4-7,9-10,12-13,18H,22-23H2,1-3H3,(H,24,25);1-2H2. The monoisotopic (exact) mass is 393 g/mol. The molecule has 152 valence electrons. The number of nitrogen functional groups attached to an aromatic ring is 1. The fourth-order valence-electron chi connectivity index (χ4n) is 2.34. The zero-order valence-electron chi connectivity index (χ0n) is 17.0. The van der Waals surface area contributed by atoms with Gasteiger partial charge in [-0.2, -0.15) is 0 Å². The number of hydrogen-bond donors (Lipinski definition) is 3. The number of nitrogens with two attached hydrogens (primary N) is 2. The summed E-state index contributed by atoms with van der Waals surface area (Å²) in [7, 11) is 1.25. The summed E-state index contributed by atoms with van der Waals surface area (Å²) in [4.78, 5) is 24.3. The fraction of sp³-hybridized carbons (Fsp3) is 0.217. The molecule has 0 aliphatic heterocycles. The molecule has 6 heteroatoms. The third-order valence-corrected chi connectivity index (χ3v) is 3.91. The van der Waals surface area contributed by atoms with Crippen LogP contribution in [0.3, 0.4) is 0 Å². The minimum Gasteiger partial charge on any atom is -0.467 e. The lowest BCUT2D eigenvalue weighted by atomic mass is 9.95. The van der Waals surface area contributed by atoms with E-state index in [9.17, 15) is 9.59 Å². The summed E-state index contributed by atoms with van der Waals surface area (Å²) in [6.45, 7) is 9.28. The Morgan fingerprint density at radius 2 is 1.66 bits per heavy atom. The van der Waals surface area contributed by atoms with Gasteiger partial charge in [0.2, 0.25) is 0 Å². The molecule has 0 saturated carbocycles. The molecule has 2 aromatic rings. The highest BCUT2D eigenvalue weighted by molar-refractivity contribution is 5.97. The molecule has 5 N–H and O–H groups in total. The van der Waals surface area contributed by atoms with E-state index in [1.807, 2.05) is 18.2 Å². The Morgan fingerprint density at radius 3 is 2.17 bits per heavy atom. The second-order valence-corrected chi connectivity index (χ2v) is 6.67. The highest BCUT2D eigenvalue weighted by atomic mass is 16.5. The molecule has 0 aliphatic rings. The van der Waals surface area contributed by atoms with Crippen LogP contribution < -0.4 is 16.8 Å². The zero-order chi connectivity index (χ0) is 22.0. The number of anilines is 1. The molecule has 1 unspecified atom stereocenters. The highest BCUT2D eigenvalue weighted by Gasteiger charge is 2.34. The van der Waals surface area contributed by atoms with E-state index in [1.54, 1.807) is 44.2 Å². The second-order valence-electron chi connectivity index (χ2n) is 6.67. The van der Waals surface area contributed by atoms with Gasteiger partial charge < -0.3 is 21.5 Å². The molecular weight excluding hydrogens is 366 g/mol. The first kappa shape index (κ1) is 23.5. The first-order valence-corrected chi connectivity index (χ1v) is 8.86. The van der Waals surface area contributed by atoms with E-state index >= 15 is 0 Å². The van der Waals surface area contributed by atoms with Crippen LogP contribution >= 0.6 is 0 Å². The Labute approximate surface area is 171 Å². The topological polar surface area (TPSA) is 107 Å². The van der Waals surface area contributed by atoms with E-state index in [4.69, 9.17) is 16.2 Å². The summed E-state index contributed by atoms with van der Waals surface area (Å²) < 4.78 is 4.72. The van der Waals surface area contributed by atoms with Crippen LogP contribution in [0.5, 0.6) is 0 Å². The molecule has 0 heterocycles. The molecule has 0 aromatic heterocycles. The number of nitrogens with one attached hydrogen (secondary N) is 1. The normalized spacial score (nSPS) is 11.0. The van der Waals surface area contributed by atoms with Crippen molar-refractivity contribution in [2.75, 3.05) is 12.8 Å². The zero-order valence-corrected chi connectivity index (χ0v) is 17.0. The van der Waals surface area contributed by atoms with Gasteiger partial charge in [0.15, 0.2) is 0 Å². The van der Waals surface area contributed by atoms with Crippen LogP contribution in [0.15, 0.2) is 61.7 Å². The molecule has 0 bridgehead atoms. The predicted octanol–water partition coefficient (Wildman–Crippen LogP) is 2.48. The first-order chi connectivity index (χ1) is 13.7. The molecule has 0 saturated heterocycles. The van der Waals surface area contributed by atoms with Crippen molar-refractivity contribution in [3.05, 3.63) is 78.4 Å². The van der Waals surface area contributed by atoms with E-state index in [-0.39, 0.29) is 0 Å². The molecule has 1 amide bonds. The van der Waals surface area contributed by atoms with Crippen molar-refractivity contribution in [3.8, 4) is 11.8 Å². The maximum absolute atomic E-state index is 12.4. The quantitative estimate of drug-likeness (QED) is 0.320. The van der Waals surface area contributed by atoms with Gasteiger partial charge in [-0.3, -0.25) is 4.79 Å². The summed E-state index contributed by atoms with van der Waals surface area (Å²) in [5.41, 5.74) is 13.3. The van der Waals surface area contributed by atoms with Crippen LogP contribution in [0.25, 0.3) is 0 Å². The maximum atomic E-state index is 12.4. The minimum absolute atomic E-state index is 0.387. The number of para-hydroxylation sites is 1. The largest absolute Gasteiger partial charge is 0.467 e. The maximum Gasteiger partial charge on any atom is 0.330 e. The highest BCUT2D eigenvalue weighted by Crippen LogP contribution is 2.11. The Morgan fingerprint density at radius 1 is 1.07 bits per heavy atom. The van der Waals surface area contributed by atoms with Crippen molar-refractivity contribution < 1.29 is 14.3 Å². The average molecular weight is 393 g/mol. The van der Waals surface area contributed by atoms with E-state index in [1.165, 1.54) is 7.11 Å². The van der Waals surface area contributed by atoms with Crippen LogP contribution in [0.1, 0.15) is 35.3 Å². The van der Waals surface area contributed by atoms with Crippen LogP contribution in [0.4, 0.5) is 5.69 Å². The molecule has 0 aliphatic carbocycles. The molecule has 6 nitrogen and oxygen atoms in total. The Hall–Kier alpha value is -3.56. The third kappa shape index (κ3) is 6.83. The summed E-state index contributed by atoms with van der Waals surface area (Å²) in [5.74, 6) is 4.98. The van der Waals surface area contributed by atoms with Crippen LogP contribution in [0.2, 0.25) is 0 Å². The fourth-order valence-corrected chi connectivity index (χ4v) is 2.34. The van der Waals surface area contributed by atoms with Crippen molar-refractivity contribution >= 4 is 17.6 Å². The molecule has 2 rings (SSSR count). The number of benzene rings is 2. The number of ether oxygens (including phenoxy) is 1. The predicted molar refractivity (Wildman–Crippen MR) is 116 cm³/mol. The van der Waals surface area contributed by atoms with Gasteiger partial charge >= 0.3 is 5.97 Å². The second kappa shape index (κ2) is 10.7. The smallest absolute Gasteiger partial charge is 0.330 e. The Kier molecular flexibility index (Phi) is 8.66. The van der Waals surface area contributed by atoms with Gasteiger partial charge in [-0.1, -0.05) is 24.0 Å². The van der Waals surface area contributed by atoms with Gasteiger partial charge in [-0.15, -0.1) is 13.2 Å². The van der Waals surface area contributed by atoms with E-state index in [0.717, 1.165) is 11.1 Å². The Balaban J connectivity index is 0.00000204. The van der Waals surface area contributed by atoms with Crippen molar-refractivity contribution in [3.63, 3.8) is 0 Å². The molecule has 1 atom stereocenters. The number of esters is 1. The summed E-state index contributed by atoms with van der Waals surface area (Å²) in [6, 6.07) is 13.1. The average Bonchev–Trinajstić information content (AvgIpc) is 2.71. The number of carbonyl (C=O) groups excluding carboxylic acids is 2. The van der Waals surface area contributed by atoms with E-state index in [2.05, 4.69) is 30.3 Å². The minimum atomic E-state index is -0.968. The van der Waals surface area contributed by atoms with Gasteiger partial charge in [-0.05, 0) is 50.2 Å². The van der Waals surface area contributed by atoms with Gasteiger partial charge in [-0.25, -0.2) is 4.79 Å². The number of hydrogen-bond acceptors (Lipinski definition) is 5. The van der Waals surface area contributed by atoms with Crippen molar-refractivity contribution in [1.29, 1.82) is 0 Å². The van der Waals surface area contributed by atoms with E-state index in [0.29, 0.717) is 11.3 Å². The van der Waals surface area contributed by atoms with Crippen LogP contribution in [-0.4, -0.2) is 30.6 Å². The van der Waals surface area contributed by atoms with Gasteiger partial charge in [0, 0.05) is 27.9 Å². The molecular formula is C23H27N3O3. The SMILES string of the molecule is C=C.COC(=O)C(NC(=O)c1ccc(C#Cc2ccccc2N)cc1)C(C)(C)N. The molecule has 0 fully saturated rings. The van der Waals surface area contributed by atoms with Crippen LogP contribution in [-0.2, 0) is 9.53 Å². The van der Waals surface area contributed by atoms with Crippen LogP contribution in [0, 0.1) is 11.8 Å². The Bertz CT molecular complexity index is 903. The van der Waals surface area contributed by atoms with Crippen molar-refractivity contribution in [1.82, 2.24) is 5.32 Å². The number of methoxy groups -OCH3 is 1. The third-order valence-electron chi connectivity index (χ3n) is 3.91. The van der Waals surface area contributed by atoms with Crippen molar-refractivity contribution in [2.24, 2.45) is 5.73 Å².